The van der Waals surface area contributed by atoms with E-state index < -0.39 is 0 Å². The van der Waals surface area contributed by atoms with Crippen LogP contribution in [-0.2, 0) is 11.3 Å². The summed E-state index contributed by atoms with van der Waals surface area (Å²) in [6.07, 6.45) is 2.45. The summed E-state index contributed by atoms with van der Waals surface area (Å²) in [7, 11) is 3.85. The molecule has 0 spiro atoms. The predicted octanol–water partition coefficient (Wildman–Crippen LogP) is 2.04. The summed E-state index contributed by atoms with van der Waals surface area (Å²) >= 11 is 7.43. The van der Waals surface area contributed by atoms with Gasteiger partial charge >= 0.3 is 0 Å². The molecule has 0 saturated carbocycles. The summed E-state index contributed by atoms with van der Waals surface area (Å²) in [6.45, 7) is 3.13. The summed E-state index contributed by atoms with van der Waals surface area (Å²) in [6, 6.07) is 4.38. The minimum Gasteiger partial charge on any atom is -0.340 e. The molecule has 112 valence electrons. The molecule has 1 aromatic rings. The first-order chi connectivity index (χ1) is 9.54. The molecule has 2 rings (SSSR count). The number of rotatable bonds is 6. The van der Waals surface area contributed by atoms with Gasteiger partial charge in [-0.15, -0.1) is 11.3 Å². The van der Waals surface area contributed by atoms with E-state index in [1.807, 2.05) is 26.2 Å². The fraction of sp³-hybridized carbons (Fsp3) is 0.643. The largest absolute Gasteiger partial charge is 0.340 e. The van der Waals surface area contributed by atoms with Crippen molar-refractivity contribution >= 4 is 28.8 Å². The molecular formula is C14H22ClN3OS. The Kier molecular flexibility index (Phi) is 5.84. The fourth-order valence-corrected chi connectivity index (χ4v) is 3.60. The van der Waals surface area contributed by atoms with Crippen LogP contribution in [0.1, 0.15) is 17.7 Å². The van der Waals surface area contributed by atoms with Crippen LogP contribution in [-0.4, -0.2) is 55.5 Å². The number of likely N-dealkylation sites (N-methyl/N-ethyl adjacent to an activating group) is 2. The number of carbonyl (C=O) groups is 1. The first-order valence-electron chi connectivity index (χ1n) is 6.94. The lowest BCUT2D eigenvalue weighted by Gasteiger charge is -2.23. The number of halogens is 1. The molecule has 20 heavy (non-hydrogen) atoms. The number of carbonyl (C=O) groups excluding carboxylic acids is 1. The maximum absolute atomic E-state index is 12.2. The molecule has 1 saturated heterocycles. The third-order valence-electron chi connectivity index (χ3n) is 3.55. The second-order valence-electron chi connectivity index (χ2n) is 5.45. The number of thiophene rings is 1. The van der Waals surface area contributed by atoms with E-state index in [1.165, 1.54) is 24.2 Å². The minimum absolute atomic E-state index is 0.148. The van der Waals surface area contributed by atoms with Gasteiger partial charge in [-0.3, -0.25) is 9.69 Å². The first kappa shape index (κ1) is 15.8. The SMILES string of the molecule is CN(CC(=O)N(C)Cc1ccc(Cl)s1)CC1CCCN1. The van der Waals surface area contributed by atoms with Crippen LogP contribution in [0.4, 0.5) is 0 Å². The van der Waals surface area contributed by atoms with E-state index in [9.17, 15) is 4.79 Å². The predicted molar refractivity (Wildman–Crippen MR) is 84.3 cm³/mol. The number of amides is 1. The number of nitrogens with one attached hydrogen (secondary N) is 1. The van der Waals surface area contributed by atoms with E-state index in [4.69, 9.17) is 11.6 Å². The van der Waals surface area contributed by atoms with Crippen LogP contribution in [0.5, 0.6) is 0 Å². The van der Waals surface area contributed by atoms with Crippen molar-refractivity contribution in [3.8, 4) is 0 Å². The van der Waals surface area contributed by atoms with Gasteiger partial charge in [-0.25, -0.2) is 0 Å². The molecule has 1 fully saturated rings. The van der Waals surface area contributed by atoms with Crippen molar-refractivity contribution in [2.24, 2.45) is 0 Å². The molecule has 1 N–H and O–H groups in total. The highest BCUT2D eigenvalue weighted by molar-refractivity contribution is 7.16. The first-order valence-corrected chi connectivity index (χ1v) is 8.14. The molecule has 0 aromatic carbocycles. The van der Waals surface area contributed by atoms with Crippen molar-refractivity contribution in [1.29, 1.82) is 0 Å². The van der Waals surface area contributed by atoms with Gasteiger partial charge in [0.05, 0.1) is 17.4 Å². The van der Waals surface area contributed by atoms with Crippen LogP contribution in [0, 0.1) is 0 Å². The van der Waals surface area contributed by atoms with Crippen LogP contribution in [0.2, 0.25) is 4.34 Å². The van der Waals surface area contributed by atoms with E-state index in [-0.39, 0.29) is 5.91 Å². The van der Waals surface area contributed by atoms with Crippen LogP contribution in [0.15, 0.2) is 12.1 Å². The second-order valence-corrected chi connectivity index (χ2v) is 7.25. The van der Waals surface area contributed by atoms with Crippen LogP contribution in [0.3, 0.4) is 0 Å². The van der Waals surface area contributed by atoms with Gasteiger partial charge in [0.1, 0.15) is 0 Å². The molecule has 1 aromatic heterocycles. The van der Waals surface area contributed by atoms with Gasteiger partial charge in [0.15, 0.2) is 0 Å². The van der Waals surface area contributed by atoms with Crippen molar-refractivity contribution in [3.63, 3.8) is 0 Å². The Labute approximate surface area is 129 Å². The normalized spacial score (nSPS) is 18.7. The van der Waals surface area contributed by atoms with Crippen molar-refractivity contribution in [1.82, 2.24) is 15.1 Å². The highest BCUT2D eigenvalue weighted by Gasteiger charge is 2.18. The minimum atomic E-state index is 0.148. The highest BCUT2D eigenvalue weighted by atomic mass is 35.5. The summed E-state index contributed by atoms with van der Waals surface area (Å²) in [4.78, 5) is 17.2. The molecule has 1 aliphatic rings. The van der Waals surface area contributed by atoms with E-state index in [2.05, 4.69) is 10.2 Å². The Hall–Kier alpha value is -0.620. The molecule has 1 atom stereocenters. The standard InChI is InChI=1S/C14H22ClN3OS/c1-17(8-11-4-3-7-16-11)10-14(19)18(2)9-12-5-6-13(15)20-12/h5-6,11,16H,3-4,7-10H2,1-2H3. The molecule has 0 aliphatic carbocycles. The smallest absolute Gasteiger partial charge is 0.236 e. The third kappa shape index (κ3) is 4.74. The second kappa shape index (κ2) is 7.41. The molecule has 1 amide bonds. The maximum Gasteiger partial charge on any atom is 0.236 e. The van der Waals surface area contributed by atoms with Crippen molar-refractivity contribution < 1.29 is 4.79 Å². The van der Waals surface area contributed by atoms with Crippen molar-refractivity contribution in [2.45, 2.75) is 25.4 Å². The lowest BCUT2D eigenvalue weighted by Crippen LogP contribution is -2.41. The number of hydrogen-bond acceptors (Lipinski definition) is 4. The van der Waals surface area contributed by atoms with Gasteiger partial charge in [0.2, 0.25) is 5.91 Å². The van der Waals surface area contributed by atoms with E-state index in [0.717, 1.165) is 22.3 Å². The number of nitrogens with zero attached hydrogens (tertiary/aromatic N) is 2. The topological polar surface area (TPSA) is 35.6 Å². The molecular weight excluding hydrogens is 294 g/mol. The Morgan fingerprint density at radius 2 is 2.30 bits per heavy atom. The molecule has 1 aliphatic heterocycles. The monoisotopic (exact) mass is 315 g/mol. The zero-order valence-electron chi connectivity index (χ0n) is 12.1. The van der Waals surface area contributed by atoms with Gasteiger partial charge in [-0.1, -0.05) is 11.6 Å². The van der Waals surface area contributed by atoms with Crippen molar-refractivity contribution in [2.75, 3.05) is 33.7 Å². The molecule has 0 bridgehead atoms. The summed E-state index contributed by atoms with van der Waals surface area (Å²) < 4.78 is 0.769. The van der Waals surface area contributed by atoms with Crippen LogP contribution < -0.4 is 5.32 Å². The molecule has 4 nitrogen and oxygen atoms in total. The molecule has 0 radical (unpaired) electrons. The fourth-order valence-electron chi connectivity index (χ4n) is 2.46. The van der Waals surface area contributed by atoms with Gasteiger partial charge < -0.3 is 10.2 Å². The average molecular weight is 316 g/mol. The van der Waals surface area contributed by atoms with Crippen LogP contribution >= 0.6 is 22.9 Å². The van der Waals surface area contributed by atoms with Gasteiger partial charge in [0, 0.05) is 24.5 Å². The summed E-state index contributed by atoms with van der Waals surface area (Å²) in [5.41, 5.74) is 0. The summed E-state index contributed by atoms with van der Waals surface area (Å²) in [5, 5.41) is 3.45. The summed E-state index contributed by atoms with van der Waals surface area (Å²) in [5.74, 6) is 0.148. The quantitative estimate of drug-likeness (QED) is 0.872. The Balaban J connectivity index is 1.75. The number of hydrogen-bond donors (Lipinski definition) is 1. The molecule has 2 heterocycles. The van der Waals surface area contributed by atoms with E-state index in [0.29, 0.717) is 19.1 Å². The van der Waals surface area contributed by atoms with Gasteiger partial charge in [-0.05, 0) is 38.6 Å². The average Bonchev–Trinajstić information content (AvgIpc) is 3.01. The molecule has 6 heteroatoms. The van der Waals surface area contributed by atoms with E-state index >= 15 is 0 Å². The zero-order chi connectivity index (χ0) is 14.5. The van der Waals surface area contributed by atoms with Crippen LogP contribution in [0.25, 0.3) is 0 Å². The van der Waals surface area contributed by atoms with Crippen molar-refractivity contribution in [3.05, 3.63) is 21.3 Å². The molecule has 1 unspecified atom stereocenters. The Morgan fingerprint density at radius 1 is 1.50 bits per heavy atom. The lowest BCUT2D eigenvalue weighted by atomic mass is 10.2. The highest BCUT2D eigenvalue weighted by Crippen LogP contribution is 2.22. The lowest BCUT2D eigenvalue weighted by molar-refractivity contribution is -0.131. The Morgan fingerprint density at radius 3 is 2.90 bits per heavy atom. The third-order valence-corrected chi connectivity index (χ3v) is 4.76. The Bertz CT molecular complexity index is 445. The van der Waals surface area contributed by atoms with Gasteiger partial charge in [0.25, 0.3) is 0 Å². The maximum atomic E-state index is 12.2. The van der Waals surface area contributed by atoms with E-state index in [1.54, 1.807) is 4.90 Å². The zero-order valence-corrected chi connectivity index (χ0v) is 13.6. The van der Waals surface area contributed by atoms with Gasteiger partial charge in [-0.2, -0.15) is 0 Å².